The highest BCUT2D eigenvalue weighted by Crippen LogP contribution is 2.21. The van der Waals surface area contributed by atoms with Gasteiger partial charge in [0, 0.05) is 18.3 Å². The molecule has 5 nitrogen and oxygen atoms in total. The van der Waals surface area contributed by atoms with Gasteiger partial charge in [-0.25, -0.2) is 4.98 Å². The summed E-state index contributed by atoms with van der Waals surface area (Å²) < 4.78 is 3.94. The molecule has 98 valence electrons. The Morgan fingerprint density at radius 3 is 2.44 bits per heavy atom. The maximum Gasteiger partial charge on any atom is 0.0995 e. The molecular weight excluding hydrogens is 226 g/mol. The van der Waals surface area contributed by atoms with Gasteiger partial charge in [-0.15, -0.1) is 0 Å². The number of hydrogen-bond acceptors (Lipinski definition) is 3. The fourth-order valence-corrected chi connectivity index (χ4v) is 1.84. The van der Waals surface area contributed by atoms with E-state index in [4.69, 9.17) is 5.73 Å². The van der Waals surface area contributed by atoms with Crippen LogP contribution in [0, 0.1) is 5.92 Å². The van der Waals surface area contributed by atoms with Gasteiger partial charge < -0.3 is 5.73 Å². The minimum absolute atomic E-state index is 0.0186. The summed E-state index contributed by atoms with van der Waals surface area (Å²) in [6.07, 6.45) is 7.48. The van der Waals surface area contributed by atoms with E-state index in [1.165, 1.54) is 0 Å². The van der Waals surface area contributed by atoms with Crippen molar-refractivity contribution >= 4 is 0 Å². The van der Waals surface area contributed by atoms with Crippen molar-refractivity contribution in [2.24, 2.45) is 11.7 Å². The third-order valence-electron chi connectivity index (χ3n) is 3.12. The normalized spacial score (nSPS) is 13.5. The number of nitrogens with two attached hydrogens (primary N) is 1. The molecule has 1 unspecified atom stereocenters. The number of aromatic nitrogens is 4. The average molecular weight is 247 g/mol. The summed E-state index contributed by atoms with van der Waals surface area (Å²) in [5, 5.41) is 4.34. The van der Waals surface area contributed by atoms with Gasteiger partial charge in [0.2, 0.25) is 0 Å². The Labute approximate surface area is 108 Å². The maximum absolute atomic E-state index is 6.20. The summed E-state index contributed by atoms with van der Waals surface area (Å²) in [7, 11) is 0. The number of hydrogen-bond donors (Lipinski definition) is 1. The van der Waals surface area contributed by atoms with Crippen LogP contribution < -0.4 is 5.73 Å². The first-order chi connectivity index (χ1) is 8.50. The van der Waals surface area contributed by atoms with E-state index in [-0.39, 0.29) is 6.04 Å². The summed E-state index contributed by atoms with van der Waals surface area (Å²) in [5.74, 6) is 0.376. The molecule has 0 aliphatic heterocycles. The average Bonchev–Trinajstić information content (AvgIpc) is 2.96. The summed E-state index contributed by atoms with van der Waals surface area (Å²) in [6, 6.07) is 0.333. The Balaban J connectivity index is 2.36. The lowest BCUT2D eigenvalue weighted by Crippen LogP contribution is -2.19. The molecule has 0 aromatic carbocycles. The summed E-state index contributed by atoms with van der Waals surface area (Å²) in [4.78, 5) is 4.20. The quantitative estimate of drug-likeness (QED) is 0.901. The van der Waals surface area contributed by atoms with Crippen molar-refractivity contribution in [3.8, 4) is 5.69 Å². The van der Waals surface area contributed by atoms with Crippen LogP contribution >= 0.6 is 0 Å². The van der Waals surface area contributed by atoms with Crippen LogP contribution in [0.25, 0.3) is 5.69 Å². The first-order valence-electron chi connectivity index (χ1n) is 6.33. The molecule has 0 amide bonds. The molecule has 0 spiro atoms. The van der Waals surface area contributed by atoms with Gasteiger partial charge in [-0.1, -0.05) is 13.8 Å². The molecule has 0 bridgehead atoms. The standard InChI is InChI=1S/C13H21N5/c1-9(2)13(14)12-6-15-8-17(12)11-5-16-18(7-11)10(3)4/h5-10,13H,14H2,1-4H3. The van der Waals surface area contributed by atoms with E-state index >= 15 is 0 Å². The molecular formula is C13H21N5. The van der Waals surface area contributed by atoms with E-state index < -0.39 is 0 Å². The summed E-state index contributed by atoms with van der Waals surface area (Å²) in [5.41, 5.74) is 8.23. The smallest absolute Gasteiger partial charge is 0.0995 e. The third-order valence-corrected chi connectivity index (χ3v) is 3.12. The summed E-state index contributed by atoms with van der Waals surface area (Å²) >= 11 is 0. The zero-order chi connectivity index (χ0) is 13.3. The van der Waals surface area contributed by atoms with E-state index in [0.29, 0.717) is 12.0 Å². The van der Waals surface area contributed by atoms with E-state index in [1.54, 1.807) is 6.33 Å². The van der Waals surface area contributed by atoms with Crippen molar-refractivity contribution in [2.45, 2.75) is 39.8 Å². The molecule has 2 rings (SSSR count). The SMILES string of the molecule is CC(C)C(N)c1cncn1-c1cnn(C(C)C)c1. The van der Waals surface area contributed by atoms with E-state index in [9.17, 15) is 0 Å². The van der Waals surface area contributed by atoms with Crippen LogP contribution in [0.1, 0.15) is 45.5 Å². The number of nitrogens with zero attached hydrogens (tertiary/aromatic N) is 4. The van der Waals surface area contributed by atoms with Crippen LogP contribution in [0.2, 0.25) is 0 Å². The van der Waals surface area contributed by atoms with Crippen LogP contribution in [-0.2, 0) is 0 Å². The monoisotopic (exact) mass is 247 g/mol. The van der Waals surface area contributed by atoms with Crippen LogP contribution in [0.3, 0.4) is 0 Å². The van der Waals surface area contributed by atoms with Gasteiger partial charge in [-0.3, -0.25) is 9.25 Å². The molecule has 2 heterocycles. The zero-order valence-electron chi connectivity index (χ0n) is 11.4. The fourth-order valence-electron chi connectivity index (χ4n) is 1.84. The van der Waals surface area contributed by atoms with Crippen molar-refractivity contribution in [1.82, 2.24) is 19.3 Å². The summed E-state index contributed by atoms with van der Waals surface area (Å²) in [6.45, 7) is 8.43. The molecule has 0 saturated carbocycles. The Morgan fingerprint density at radius 1 is 1.17 bits per heavy atom. The van der Waals surface area contributed by atoms with E-state index in [2.05, 4.69) is 37.8 Å². The largest absolute Gasteiger partial charge is 0.322 e. The molecule has 5 heteroatoms. The highest BCUT2D eigenvalue weighted by molar-refractivity contribution is 5.29. The lowest BCUT2D eigenvalue weighted by atomic mass is 10.0. The maximum atomic E-state index is 6.20. The molecule has 2 N–H and O–H groups in total. The van der Waals surface area contributed by atoms with Crippen molar-refractivity contribution < 1.29 is 0 Å². The topological polar surface area (TPSA) is 61.7 Å². The van der Waals surface area contributed by atoms with Gasteiger partial charge >= 0.3 is 0 Å². The van der Waals surface area contributed by atoms with Crippen LogP contribution in [0.4, 0.5) is 0 Å². The Kier molecular flexibility index (Phi) is 3.52. The van der Waals surface area contributed by atoms with Gasteiger partial charge in [-0.2, -0.15) is 5.10 Å². The molecule has 18 heavy (non-hydrogen) atoms. The van der Waals surface area contributed by atoms with Crippen molar-refractivity contribution in [2.75, 3.05) is 0 Å². The first-order valence-corrected chi connectivity index (χ1v) is 6.33. The zero-order valence-corrected chi connectivity index (χ0v) is 11.4. The number of imidazole rings is 1. The minimum atomic E-state index is -0.0186. The van der Waals surface area contributed by atoms with Crippen LogP contribution in [0.5, 0.6) is 0 Å². The highest BCUT2D eigenvalue weighted by Gasteiger charge is 2.16. The minimum Gasteiger partial charge on any atom is -0.322 e. The van der Waals surface area contributed by atoms with Gasteiger partial charge in [0.25, 0.3) is 0 Å². The molecule has 0 fully saturated rings. The molecule has 2 aromatic rings. The predicted molar refractivity (Wildman–Crippen MR) is 71.5 cm³/mol. The molecule has 1 atom stereocenters. The lowest BCUT2D eigenvalue weighted by Gasteiger charge is -2.16. The van der Waals surface area contributed by atoms with Crippen LogP contribution in [0.15, 0.2) is 24.9 Å². The van der Waals surface area contributed by atoms with Gasteiger partial charge in [0.05, 0.1) is 30.1 Å². The molecule has 0 aliphatic carbocycles. The van der Waals surface area contributed by atoms with E-state index in [1.807, 2.05) is 27.8 Å². The Bertz CT molecular complexity index is 509. The lowest BCUT2D eigenvalue weighted by molar-refractivity contribution is 0.496. The fraction of sp³-hybridized carbons (Fsp3) is 0.538. The predicted octanol–water partition coefficient (Wildman–Crippen LogP) is 2.31. The Hall–Kier alpha value is -1.62. The van der Waals surface area contributed by atoms with Gasteiger partial charge in [-0.05, 0) is 19.8 Å². The second-order valence-corrected chi connectivity index (χ2v) is 5.23. The van der Waals surface area contributed by atoms with Crippen LogP contribution in [-0.4, -0.2) is 19.3 Å². The second kappa shape index (κ2) is 4.94. The molecule has 0 radical (unpaired) electrons. The van der Waals surface area contributed by atoms with Crippen molar-refractivity contribution in [1.29, 1.82) is 0 Å². The second-order valence-electron chi connectivity index (χ2n) is 5.23. The number of rotatable bonds is 4. The van der Waals surface area contributed by atoms with Gasteiger partial charge in [0.15, 0.2) is 0 Å². The van der Waals surface area contributed by atoms with E-state index in [0.717, 1.165) is 11.4 Å². The molecule has 0 saturated heterocycles. The van der Waals surface area contributed by atoms with Gasteiger partial charge in [0.1, 0.15) is 0 Å². The highest BCUT2D eigenvalue weighted by atomic mass is 15.3. The molecule has 0 aliphatic rings. The van der Waals surface area contributed by atoms with Crippen molar-refractivity contribution in [3.05, 3.63) is 30.6 Å². The third kappa shape index (κ3) is 2.31. The van der Waals surface area contributed by atoms with Crippen molar-refractivity contribution in [3.63, 3.8) is 0 Å². The molecule has 2 aromatic heterocycles. The Morgan fingerprint density at radius 2 is 1.89 bits per heavy atom. The first kappa shape index (κ1) is 12.8.